The third-order valence-electron chi connectivity index (χ3n) is 10.8. The Hall–Kier alpha value is -2.89. The average molecular weight is 839 g/mol. The Morgan fingerprint density at radius 1 is 0.367 bits per heavy atom. The topological polar surface area (TPSA) is 78.9 Å². The van der Waals surface area contributed by atoms with Crippen LogP contribution >= 0.6 is 0 Å². The summed E-state index contributed by atoms with van der Waals surface area (Å²) in [7, 11) is 0. The largest absolute Gasteiger partial charge is 0.462 e. The van der Waals surface area contributed by atoms with Crippen molar-refractivity contribution >= 4 is 17.9 Å². The maximum absolute atomic E-state index is 12.8. The lowest BCUT2D eigenvalue weighted by atomic mass is 10.0. The molecule has 0 aliphatic heterocycles. The van der Waals surface area contributed by atoms with Gasteiger partial charge in [-0.05, 0) is 70.6 Å². The van der Waals surface area contributed by atoms with Crippen LogP contribution in [0.1, 0.15) is 245 Å². The number of hydrogen-bond donors (Lipinski definition) is 0. The van der Waals surface area contributed by atoms with Crippen LogP contribution in [0.15, 0.2) is 60.8 Å². The van der Waals surface area contributed by atoms with E-state index in [1.54, 1.807) is 0 Å². The average Bonchev–Trinajstić information content (AvgIpc) is 3.24. The fourth-order valence-electron chi connectivity index (χ4n) is 7.01. The lowest BCUT2D eigenvalue weighted by Gasteiger charge is -2.18. The van der Waals surface area contributed by atoms with Gasteiger partial charge >= 0.3 is 17.9 Å². The minimum Gasteiger partial charge on any atom is -0.462 e. The predicted octanol–water partition coefficient (Wildman–Crippen LogP) is 16.5. The minimum absolute atomic E-state index is 0.0936. The van der Waals surface area contributed by atoms with Crippen molar-refractivity contribution in [2.24, 2.45) is 0 Å². The van der Waals surface area contributed by atoms with Crippen LogP contribution < -0.4 is 0 Å². The first kappa shape index (κ1) is 57.1. The Labute approximate surface area is 370 Å². The van der Waals surface area contributed by atoms with E-state index in [0.29, 0.717) is 19.3 Å². The fourth-order valence-corrected chi connectivity index (χ4v) is 7.01. The predicted molar refractivity (Wildman–Crippen MR) is 256 cm³/mol. The standard InChI is InChI=1S/C54H94O6/c1-4-7-10-13-16-19-21-23-25-26-27-29-30-32-35-38-41-44-47-53(56)59-50-51(49-58-52(55)46-43-40-37-34-18-15-12-9-6-3)60-54(57)48-45-42-39-36-33-31-28-24-22-20-17-14-11-8-5-2/h9,12,18,21,23,25-27,29,34,51H,4-8,10-11,13-17,19-20,22,24,28,30-33,35-50H2,1-3H3/b12-9-,23-21-,26-25-,29-27-,34-18-. The Balaban J connectivity index is 4.37. The molecule has 6 heteroatoms. The van der Waals surface area contributed by atoms with Crippen molar-refractivity contribution < 1.29 is 28.6 Å². The maximum atomic E-state index is 12.8. The molecule has 0 aliphatic rings. The van der Waals surface area contributed by atoms with Crippen molar-refractivity contribution in [2.75, 3.05) is 13.2 Å². The van der Waals surface area contributed by atoms with Crippen LogP contribution in [0, 0.1) is 0 Å². The Morgan fingerprint density at radius 3 is 1.17 bits per heavy atom. The molecule has 0 saturated heterocycles. The highest BCUT2D eigenvalue weighted by molar-refractivity contribution is 5.71. The molecule has 0 aliphatic carbocycles. The fraction of sp³-hybridized carbons (Fsp3) is 0.759. The van der Waals surface area contributed by atoms with E-state index in [1.165, 1.54) is 116 Å². The van der Waals surface area contributed by atoms with E-state index in [1.807, 2.05) is 0 Å². The van der Waals surface area contributed by atoms with Gasteiger partial charge in [0.2, 0.25) is 0 Å². The van der Waals surface area contributed by atoms with Crippen molar-refractivity contribution in [3.8, 4) is 0 Å². The monoisotopic (exact) mass is 839 g/mol. The molecule has 0 amide bonds. The second kappa shape index (κ2) is 48.8. The molecule has 0 aromatic rings. The van der Waals surface area contributed by atoms with Crippen LogP contribution in [0.3, 0.4) is 0 Å². The molecule has 0 radical (unpaired) electrons. The molecule has 0 N–H and O–H groups in total. The van der Waals surface area contributed by atoms with E-state index in [0.717, 1.165) is 89.9 Å². The maximum Gasteiger partial charge on any atom is 0.306 e. The van der Waals surface area contributed by atoms with Crippen LogP contribution in [0.5, 0.6) is 0 Å². The molecule has 0 aromatic heterocycles. The summed E-state index contributed by atoms with van der Waals surface area (Å²) in [5, 5.41) is 0. The van der Waals surface area contributed by atoms with E-state index < -0.39 is 6.10 Å². The van der Waals surface area contributed by atoms with Crippen LogP contribution in [0.2, 0.25) is 0 Å². The minimum atomic E-state index is -0.792. The number of allylic oxidation sites excluding steroid dienone is 10. The summed E-state index contributed by atoms with van der Waals surface area (Å²) >= 11 is 0. The van der Waals surface area contributed by atoms with E-state index in [2.05, 4.69) is 81.5 Å². The smallest absolute Gasteiger partial charge is 0.306 e. The highest BCUT2D eigenvalue weighted by Crippen LogP contribution is 2.15. The van der Waals surface area contributed by atoms with Crippen molar-refractivity contribution in [3.63, 3.8) is 0 Å². The van der Waals surface area contributed by atoms with Crippen molar-refractivity contribution in [2.45, 2.75) is 252 Å². The van der Waals surface area contributed by atoms with Gasteiger partial charge in [-0.25, -0.2) is 0 Å². The molecular weight excluding hydrogens is 745 g/mol. The molecule has 0 fully saturated rings. The SMILES string of the molecule is CC/C=C\C/C=C\CCCCC(=O)OCC(COC(=O)CCCCCCC\C=C/C=C\C=C/CCCCCCC)OC(=O)CCCCCCCCCCCCCCCCC. The molecule has 0 rings (SSSR count). The van der Waals surface area contributed by atoms with Gasteiger partial charge in [0.1, 0.15) is 13.2 Å². The first-order valence-electron chi connectivity index (χ1n) is 25.3. The summed E-state index contributed by atoms with van der Waals surface area (Å²) in [5.74, 6) is -0.945. The second-order valence-electron chi connectivity index (χ2n) is 16.8. The van der Waals surface area contributed by atoms with Gasteiger partial charge in [-0.15, -0.1) is 0 Å². The lowest BCUT2D eigenvalue weighted by molar-refractivity contribution is -0.167. The number of hydrogen-bond acceptors (Lipinski definition) is 6. The third kappa shape index (κ3) is 46.2. The number of carbonyl (C=O) groups excluding carboxylic acids is 3. The van der Waals surface area contributed by atoms with Gasteiger partial charge < -0.3 is 14.2 Å². The third-order valence-corrected chi connectivity index (χ3v) is 10.8. The number of unbranched alkanes of at least 4 members (excludes halogenated alkanes) is 26. The lowest BCUT2D eigenvalue weighted by Crippen LogP contribution is -2.30. The first-order chi connectivity index (χ1) is 29.5. The summed E-state index contributed by atoms with van der Waals surface area (Å²) in [6.45, 7) is 6.46. The van der Waals surface area contributed by atoms with Crippen LogP contribution in [-0.4, -0.2) is 37.2 Å². The summed E-state index contributed by atoms with van der Waals surface area (Å²) < 4.78 is 16.7. The van der Waals surface area contributed by atoms with Gasteiger partial charge in [0.05, 0.1) is 0 Å². The highest BCUT2D eigenvalue weighted by Gasteiger charge is 2.19. The highest BCUT2D eigenvalue weighted by atomic mass is 16.6. The van der Waals surface area contributed by atoms with Crippen molar-refractivity contribution in [1.29, 1.82) is 0 Å². The summed E-state index contributed by atoms with van der Waals surface area (Å²) in [6.07, 6.45) is 59.3. The zero-order valence-electron chi connectivity index (χ0n) is 39.5. The molecule has 0 aromatic carbocycles. The van der Waals surface area contributed by atoms with Gasteiger partial charge in [0.15, 0.2) is 6.10 Å². The summed E-state index contributed by atoms with van der Waals surface area (Å²) in [6, 6.07) is 0. The molecule has 1 atom stereocenters. The molecule has 1 unspecified atom stereocenters. The zero-order chi connectivity index (χ0) is 43.7. The number of esters is 3. The van der Waals surface area contributed by atoms with Crippen molar-refractivity contribution in [3.05, 3.63) is 60.8 Å². The summed E-state index contributed by atoms with van der Waals surface area (Å²) in [4.78, 5) is 37.8. The Kier molecular flexibility index (Phi) is 46.4. The van der Waals surface area contributed by atoms with Crippen LogP contribution in [-0.2, 0) is 28.6 Å². The van der Waals surface area contributed by atoms with Crippen LogP contribution in [0.25, 0.3) is 0 Å². The van der Waals surface area contributed by atoms with E-state index in [4.69, 9.17) is 14.2 Å². The Morgan fingerprint density at radius 2 is 0.717 bits per heavy atom. The van der Waals surface area contributed by atoms with Gasteiger partial charge in [-0.1, -0.05) is 216 Å². The quantitative estimate of drug-likeness (QED) is 0.0200. The molecular formula is C54H94O6. The molecule has 346 valence electrons. The first-order valence-corrected chi connectivity index (χ1v) is 25.3. The number of ether oxygens (including phenoxy) is 3. The van der Waals surface area contributed by atoms with Gasteiger partial charge in [0, 0.05) is 19.3 Å². The zero-order valence-corrected chi connectivity index (χ0v) is 39.5. The Bertz CT molecular complexity index is 1100. The normalized spacial score (nSPS) is 12.5. The number of rotatable bonds is 45. The van der Waals surface area contributed by atoms with Crippen LogP contribution in [0.4, 0.5) is 0 Å². The van der Waals surface area contributed by atoms with Crippen molar-refractivity contribution in [1.82, 2.24) is 0 Å². The van der Waals surface area contributed by atoms with E-state index >= 15 is 0 Å². The number of carbonyl (C=O) groups is 3. The molecule has 0 saturated carbocycles. The molecule has 60 heavy (non-hydrogen) atoms. The van der Waals surface area contributed by atoms with Gasteiger partial charge in [-0.2, -0.15) is 0 Å². The molecule has 6 nitrogen and oxygen atoms in total. The van der Waals surface area contributed by atoms with E-state index in [9.17, 15) is 14.4 Å². The molecule has 0 bridgehead atoms. The summed E-state index contributed by atoms with van der Waals surface area (Å²) in [5.41, 5.74) is 0. The van der Waals surface area contributed by atoms with E-state index in [-0.39, 0.29) is 31.1 Å². The van der Waals surface area contributed by atoms with Gasteiger partial charge in [-0.3, -0.25) is 14.4 Å². The molecule has 0 spiro atoms. The molecule has 0 heterocycles. The van der Waals surface area contributed by atoms with Gasteiger partial charge in [0.25, 0.3) is 0 Å². The second-order valence-corrected chi connectivity index (χ2v) is 16.8.